The molecule has 0 saturated carbocycles. The zero-order valence-corrected chi connectivity index (χ0v) is 9.77. The molecular weight excluding hydrogens is 221 g/mol. The van der Waals surface area contributed by atoms with E-state index in [0.29, 0.717) is 12.8 Å². The highest BCUT2D eigenvalue weighted by molar-refractivity contribution is 5.70. The number of nitrogens with zero attached hydrogens (tertiary/aromatic N) is 1. The second kappa shape index (κ2) is 4.84. The van der Waals surface area contributed by atoms with Crippen molar-refractivity contribution in [1.82, 2.24) is 4.90 Å². The second-order valence-corrected chi connectivity index (χ2v) is 4.61. The summed E-state index contributed by atoms with van der Waals surface area (Å²) in [4.78, 5) is 13.1. The van der Waals surface area contributed by atoms with Crippen LogP contribution in [0.4, 0.5) is 4.39 Å². The Labute approximate surface area is 99.9 Å². The van der Waals surface area contributed by atoms with E-state index < -0.39 is 5.97 Å². The highest BCUT2D eigenvalue weighted by atomic mass is 19.1. The Kier molecular flexibility index (Phi) is 3.43. The molecule has 2 rings (SSSR count). The minimum atomic E-state index is -0.750. The summed E-state index contributed by atoms with van der Waals surface area (Å²) in [6.07, 6.45) is 1.22. The Hall–Kier alpha value is -1.42. The molecule has 0 radical (unpaired) electrons. The van der Waals surface area contributed by atoms with Crippen LogP contribution in [0.3, 0.4) is 0 Å². The Morgan fingerprint density at radius 2 is 2.29 bits per heavy atom. The lowest BCUT2D eigenvalue weighted by atomic mass is 9.87. The maximum absolute atomic E-state index is 13.2. The Morgan fingerprint density at radius 3 is 2.94 bits per heavy atom. The standard InChI is InChI=1S/C13H16FNO2/c1-15-6-5-10(13(16)17)8-12(15)9-3-2-4-11(14)7-9/h2-4,7,10,12H,5-6,8H2,1H3,(H,16,17). The van der Waals surface area contributed by atoms with Crippen LogP contribution in [0, 0.1) is 11.7 Å². The van der Waals surface area contributed by atoms with Crippen molar-refractivity contribution in [2.75, 3.05) is 13.6 Å². The molecule has 1 aromatic carbocycles. The summed E-state index contributed by atoms with van der Waals surface area (Å²) >= 11 is 0. The quantitative estimate of drug-likeness (QED) is 0.858. The van der Waals surface area contributed by atoms with Crippen molar-refractivity contribution in [1.29, 1.82) is 0 Å². The van der Waals surface area contributed by atoms with Crippen LogP contribution in [-0.2, 0) is 4.79 Å². The smallest absolute Gasteiger partial charge is 0.306 e. The molecule has 0 aromatic heterocycles. The molecule has 0 spiro atoms. The number of hydrogen-bond donors (Lipinski definition) is 1. The highest BCUT2D eigenvalue weighted by Crippen LogP contribution is 2.33. The van der Waals surface area contributed by atoms with Gasteiger partial charge in [-0.15, -0.1) is 0 Å². The van der Waals surface area contributed by atoms with Crippen LogP contribution in [0.15, 0.2) is 24.3 Å². The van der Waals surface area contributed by atoms with Gasteiger partial charge in [0.25, 0.3) is 0 Å². The van der Waals surface area contributed by atoms with Gasteiger partial charge in [0.1, 0.15) is 5.82 Å². The molecular formula is C13H16FNO2. The fourth-order valence-corrected chi connectivity index (χ4v) is 2.41. The van der Waals surface area contributed by atoms with E-state index in [1.54, 1.807) is 6.07 Å². The van der Waals surface area contributed by atoms with E-state index in [4.69, 9.17) is 5.11 Å². The molecule has 0 bridgehead atoms. The molecule has 1 saturated heterocycles. The van der Waals surface area contributed by atoms with Crippen molar-refractivity contribution in [2.24, 2.45) is 5.92 Å². The van der Waals surface area contributed by atoms with Crippen LogP contribution in [0.2, 0.25) is 0 Å². The van der Waals surface area contributed by atoms with Gasteiger partial charge in [-0.25, -0.2) is 4.39 Å². The van der Waals surface area contributed by atoms with Gasteiger partial charge >= 0.3 is 5.97 Å². The maximum Gasteiger partial charge on any atom is 0.306 e. The van der Waals surface area contributed by atoms with Crippen LogP contribution >= 0.6 is 0 Å². The van der Waals surface area contributed by atoms with Gasteiger partial charge in [0.15, 0.2) is 0 Å². The van der Waals surface area contributed by atoms with E-state index in [1.807, 2.05) is 13.1 Å². The topological polar surface area (TPSA) is 40.5 Å². The number of hydrogen-bond acceptors (Lipinski definition) is 2. The maximum atomic E-state index is 13.2. The fourth-order valence-electron chi connectivity index (χ4n) is 2.41. The third-order valence-corrected chi connectivity index (χ3v) is 3.45. The first-order valence-electron chi connectivity index (χ1n) is 5.76. The van der Waals surface area contributed by atoms with E-state index in [2.05, 4.69) is 4.90 Å². The van der Waals surface area contributed by atoms with Gasteiger partial charge < -0.3 is 5.11 Å². The van der Waals surface area contributed by atoms with Crippen molar-refractivity contribution in [3.63, 3.8) is 0 Å². The molecule has 2 atom stereocenters. The molecule has 1 N–H and O–H groups in total. The number of rotatable bonds is 2. The number of carboxylic acid groups (broad SMARTS) is 1. The summed E-state index contributed by atoms with van der Waals surface area (Å²) in [5.74, 6) is -1.34. The Morgan fingerprint density at radius 1 is 1.53 bits per heavy atom. The molecule has 1 aliphatic rings. The fraction of sp³-hybridized carbons (Fsp3) is 0.462. The molecule has 1 aliphatic heterocycles. The number of likely N-dealkylation sites (tertiary alicyclic amines) is 1. The normalized spacial score (nSPS) is 25.8. The molecule has 1 aromatic rings. The summed E-state index contributed by atoms with van der Waals surface area (Å²) in [5, 5.41) is 9.05. The zero-order chi connectivity index (χ0) is 12.4. The predicted molar refractivity (Wildman–Crippen MR) is 62.1 cm³/mol. The zero-order valence-electron chi connectivity index (χ0n) is 9.77. The van der Waals surface area contributed by atoms with Crippen molar-refractivity contribution in [3.8, 4) is 0 Å². The number of aliphatic carboxylic acids is 1. The third-order valence-electron chi connectivity index (χ3n) is 3.45. The molecule has 0 aliphatic carbocycles. The van der Waals surface area contributed by atoms with Crippen LogP contribution in [0.25, 0.3) is 0 Å². The minimum absolute atomic E-state index is 0.000509. The first-order chi connectivity index (χ1) is 8.08. The molecule has 92 valence electrons. The van der Waals surface area contributed by atoms with Crippen LogP contribution in [-0.4, -0.2) is 29.6 Å². The van der Waals surface area contributed by atoms with Crippen LogP contribution < -0.4 is 0 Å². The van der Waals surface area contributed by atoms with Gasteiger partial charge in [-0.05, 0) is 44.1 Å². The average Bonchev–Trinajstić information content (AvgIpc) is 2.29. The summed E-state index contributed by atoms with van der Waals surface area (Å²) in [7, 11) is 1.95. The molecule has 1 fully saturated rings. The van der Waals surface area contributed by atoms with Crippen molar-refractivity contribution >= 4 is 5.97 Å². The molecule has 3 nitrogen and oxygen atoms in total. The van der Waals surface area contributed by atoms with Gasteiger partial charge in [-0.2, -0.15) is 0 Å². The largest absolute Gasteiger partial charge is 0.481 e. The van der Waals surface area contributed by atoms with Gasteiger partial charge in [-0.3, -0.25) is 9.69 Å². The monoisotopic (exact) mass is 237 g/mol. The van der Waals surface area contributed by atoms with Crippen LogP contribution in [0.1, 0.15) is 24.4 Å². The first-order valence-corrected chi connectivity index (χ1v) is 5.76. The van der Waals surface area contributed by atoms with Crippen molar-refractivity contribution in [3.05, 3.63) is 35.6 Å². The summed E-state index contributed by atoms with van der Waals surface area (Å²) < 4.78 is 13.2. The molecule has 1 heterocycles. The lowest BCUT2D eigenvalue weighted by molar-refractivity contribution is -0.144. The van der Waals surface area contributed by atoms with Crippen molar-refractivity contribution in [2.45, 2.75) is 18.9 Å². The van der Waals surface area contributed by atoms with E-state index in [-0.39, 0.29) is 17.8 Å². The second-order valence-electron chi connectivity index (χ2n) is 4.61. The van der Waals surface area contributed by atoms with E-state index in [1.165, 1.54) is 12.1 Å². The summed E-state index contributed by atoms with van der Waals surface area (Å²) in [6, 6.07) is 6.42. The lowest BCUT2D eigenvalue weighted by Crippen LogP contribution is -2.36. The number of carbonyl (C=O) groups is 1. The van der Waals surface area contributed by atoms with Gasteiger partial charge in [0.2, 0.25) is 0 Å². The third kappa shape index (κ3) is 2.64. The molecule has 17 heavy (non-hydrogen) atoms. The lowest BCUT2D eigenvalue weighted by Gasteiger charge is -2.35. The molecule has 2 unspecified atom stereocenters. The number of piperidine rings is 1. The highest BCUT2D eigenvalue weighted by Gasteiger charge is 2.31. The SMILES string of the molecule is CN1CCC(C(=O)O)CC1c1cccc(F)c1. The molecule has 0 amide bonds. The van der Waals surface area contributed by atoms with Crippen molar-refractivity contribution < 1.29 is 14.3 Å². The van der Waals surface area contributed by atoms with E-state index in [9.17, 15) is 9.18 Å². The number of benzene rings is 1. The van der Waals surface area contributed by atoms with E-state index in [0.717, 1.165) is 12.1 Å². The van der Waals surface area contributed by atoms with Gasteiger partial charge in [0.05, 0.1) is 5.92 Å². The van der Waals surface area contributed by atoms with E-state index >= 15 is 0 Å². The Balaban J connectivity index is 2.20. The predicted octanol–water partition coefficient (Wildman–Crippen LogP) is 2.29. The summed E-state index contributed by atoms with van der Waals surface area (Å²) in [5.41, 5.74) is 0.860. The average molecular weight is 237 g/mol. The number of carboxylic acids is 1. The summed E-state index contributed by atoms with van der Waals surface area (Å²) in [6.45, 7) is 0.734. The minimum Gasteiger partial charge on any atom is -0.481 e. The van der Waals surface area contributed by atoms with Crippen LogP contribution in [0.5, 0.6) is 0 Å². The van der Waals surface area contributed by atoms with Gasteiger partial charge in [0, 0.05) is 6.04 Å². The van der Waals surface area contributed by atoms with Gasteiger partial charge in [-0.1, -0.05) is 12.1 Å². The first kappa shape index (κ1) is 12.0. The number of halogens is 1. The molecule has 4 heteroatoms. The Bertz CT molecular complexity index is 422.